The third-order valence-electron chi connectivity index (χ3n) is 2.06. The first-order valence-electron chi connectivity index (χ1n) is 4.65. The van der Waals surface area contributed by atoms with E-state index in [9.17, 15) is 5.11 Å². The lowest BCUT2D eigenvalue weighted by molar-refractivity contribution is 0.285. The van der Waals surface area contributed by atoms with E-state index >= 15 is 0 Å². The Morgan fingerprint density at radius 3 is 2.80 bits per heavy atom. The molecule has 1 aromatic heterocycles. The number of aliphatic hydroxyl groups is 1. The molecular weight excluding hydrogens is 194 g/mol. The molecule has 2 aromatic rings. The van der Waals surface area contributed by atoms with Crippen LogP contribution in [0.5, 0.6) is 5.75 Å². The summed E-state index contributed by atoms with van der Waals surface area (Å²) in [6, 6.07) is 6.91. The maximum Gasteiger partial charge on any atom is 0.196 e. The molecule has 4 heteroatoms. The van der Waals surface area contributed by atoms with Crippen molar-refractivity contribution in [2.75, 3.05) is 6.61 Å². The lowest BCUT2D eigenvalue weighted by atomic mass is 10.1. The zero-order chi connectivity index (χ0) is 10.7. The lowest BCUT2D eigenvalue weighted by Crippen LogP contribution is -1.90. The van der Waals surface area contributed by atoms with Crippen molar-refractivity contribution >= 4 is 0 Å². The molecule has 0 aliphatic rings. The van der Waals surface area contributed by atoms with Crippen LogP contribution in [0.2, 0.25) is 0 Å². The predicted octanol–water partition coefficient (Wildman–Crippen LogP) is 1.58. The van der Waals surface area contributed by atoms with Gasteiger partial charge in [-0.15, -0.1) is 0 Å². The summed E-state index contributed by atoms with van der Waals surface area (Å²) in [6.45, 7) is 0.000719. The molecule has 0 aliphatic heterocycles. The first-order chi connectivity index (χ1) is 7.31. The Balaban J connectivity index is 2.33. The molecule has 1 aromatic carbocycles. The minimum atomic E-state index is 0.000719. The lowest BCUT2D eigenvalue weighted by Gasteiger charge is -1.97. The van der Waals surface area contributed by atoms with Gasteiger partial charge in [0.2, 0.25) is 0 Å². The number of aromatic hydroxyl groups is 1. The molecule has 15 heavy (non-hydrogen) atoms. The molecule has 4 nitrogen and oxygen atoms in total. The number of hydrogen-bond donors (Lipinski definition) is 2. The summed E-state index contributed by atoms with van der Waals surface area (Å²) in [4.78, 5) is 4.14. The molecular formula is C11H11NO3. The van der Waals surface area contributed by atoms with Crippen molar-refractivity contribution < 1.29 is 14.6 Å². The third kappa shape index (κ3) is 1.99. The van der Waals surface area contributed by atoms with E-state index in [0.717, 1.165) is 0 Å². The van der Waals surface area contributed by atoms with Crippen LogP contribution in [-0.2, 0) is 6.42 Å². The Morgan fingerprint density at radius 2 is 2.07 bits per heavy atom. The van der Waals surface area contributed by atoms with Crippen molar-refractivity contribution in [2.45, 2.75) is 6.42 Å². The van der Waals surface area contributed by atoms with Gasteiger partial charge in [-0.3, -0.25) is 0 Å². The number of aliphatic hydroxyl groups excluding tert-OH is 1. The van der Waals surface area contributed by atoms with E-state index in [1.807, 2.05) is 6.07 Å². The number of rotatable bonds is 3. The number of aromatic nitrogens is 1. The summed E-state index contributed by atoms with van der Waals surface area (Å²) in [5, 5.41) is 18.3. The molecule has 0 unspecified atom stereocenters. The van der Waals surface area contributed by atoms with Crippen molar-refractivity contribution in [2.24, 2.45) is 0 Å². The Bertz CT molecular complexity index is 451. The zero-order valence-corrected chi connectivity index (χ0v) is 8.05. The SMILES string of the molecule is OCCc1nc(-c2ccccc2O)co1. The molecule has 0 atom stereocenters. The van der Waals surface area contributed by atoms with E-state index in [1.54, 1.807) is 18.2 Å². The van der Waals surface area contributed by atoms with Crippen LogP contribution in [0, 0.1) is 0 Å². The summed E-state index contributed by atoms with van der Waals surface area (Å²) in [7, 11) is 0. The molecule has 0 fully saturated rings. The van der Waals surface area contributed by atoms with E-state index in [-0.39, 0.29) is 12.4 Å². The summed E-state index contributed by atoms with van der Waals surface area (Å²) < 4.78 is 5.13. The van der Waals surface area contributed by atoms with Crippen LogP contribution < -0.4 is 0 Å². The minimum Gasteiger partial charge on any atom is -0.507 e. The number of benzene rings is 1. The molecule has 0 bridgehead atoms. The molecule has 78 valence electrons. The van der Waals surface area contributed by atoms with Crippen LogP contribution >= 0.6 is 0 Å². The van der Waals surface area contributed by atoms with Crippen molar-refractivity contribution in [3.63, 3.8) is 0 Å². The second kappa shape index (κ2) is 4.14. The number of hydrogen-bond acceptors (Lipinski definition) is 4. The van der Waals surface area contributed by atoms with Gasteiger partial charge in [-0.2, -0.15) is 0 Å². The molecule has 2 rings (SSSR count). The Labute approximate surface area is 86.8 Å². The van der Waals surface area contributed by atoms with Gasteiger partial charge in [0.05, 0.1) is 6.61 Å². The molecule has 0 spiro atoms. The summed E-state index contributed by atoms with van der Waals surface area (Å²) >= 11 is 0. The van der Waals surface area contributed by atoms with E-state index in [4.69, 9.17) is 9.52 Å². The Hall–Kier alpha value is -1.81. The van der Waals surface area contributed by atoms with Crippen LogP contribution in [0.25, 0.3) is 11.3 Å². The second-order valence-corrected chi connectivity index (χ2v) is 3.12. The Morgan fingerprint density at radius 1 is 1.27 bits per heavy atom. The average Bonchev–Trinajstić information content (AvgIpc) is 2.68. The minimum absolute atomic E-state index is 0.000719. The fourth-order valence-electron chi connectivity index (χ4n) is 1.34. The number of phenolic OH excluding ortho intramolecular Hbond substituents is 1. The smallest absolute Gasteiger partial charge is 0.196 e. The topological polar surface area (TPSA) is 66.5 Å². The quantitative estimate of drug-likeness (QED) is 0.798. The summed E-state index contributed by atoms with van der Waals surface area (Å²) in [5.41, 5.74) is 1.21. The fourth-order valence-corrected chi connectivity index (χ4v) is 1.34. The zero-order valence-electron chi connectivity index (χ0n) is 8.05. The van der Waals surface area contributed by atoms with E-state index in [0.29, 0.717) is 23.6 Å². The van der Waals surface area contributed by atoms with Crippen LogP contribution in [0.1, 0.15) is 5.89 Å². The van der Waals surface area contributed by atoms with Crippen LogP contribution in [0.3, 0.4) is 0 Å². The normalized spacial score (nSPS) is 10.5. The van der Waals surface area contributed by atoms with Gasteiger partial charge in [-0.05, 0) is 12.1 Å². The van der Waals surface area contributed by atoms with Gasteiger partial charge >= 0.3 is 0 Å². The van der Waals surface area contributed by atoms with Crippen molar-refractivity contribution in [3.05, 3.63) is 36.4 Å². The van der Waals surface area contributed by atoms with Gasteiger partial charge in [0.1, 0.15) is 17.7 Å². The predicted molar refractivity (Wildman–Crippen MR) is 54.4 cm³/mol. The molecule has 2 N–H and O–H groups in total. The van der Waals surface area contributed by atoms with Gasteiger partial charge in [0, 0.05) is 12.0 Å². The van der Waals surface area contributed by atoms with Crippen molar-refractivity contribution in [1.82, 2.24) is 4.98 Å². The third-order valence-corrected chi connectivity index (χ3v) is 2.06. The highest BCUT2D eigenvalue weighted by atomic mass is 16.3. The molecule has 0 aliphatic carbocycles. The highest BCUT2D eigenvalue weighted by Crippen LogP contribution is 2.27. The van der Waals surface area contributed by atoms with Crippen LogP contribution in [-0.4, -0.2) is 21.8 Å². The first kappa shape index (κ1) is 9.73. The monoisotopic (exact) mass is 205 g/mol. The van der Waals surface area contributed by atoms with Gasteiger partial charge in [0.15, 0.2) is 5.89 Å². The van der Waals surface area contributed by atoms with E-state index in [2.05, 4.69) is 4.98 Å². The molecule has 0 amide bonds. The van der Waals surface area contributed by atoms with E-state index < -0.39 is 0 Å². The maximum absolute atomic E-state index is 9.57. The highest BCUT2D eigenvalue weighted by Gasteiger charge is 2.08. The van der Waals surface area contributed by atoms with Crippen LogP contribution in [0.4, 0.5) is 0 Å². The maximum atomic E-state index is 9.57. The number of oxazole rings is 1. The summed E-state index contributed by atoms with van der Waals surface area (Å²) in [6.07, 6.45) is 1.85. The van der Waals surface area contributed by atoms with Crippen molar-refractivity contribution in [1.29, 1.82) is 0 Å². The van der Waals surface area contributed by atoms with E-state index in [1.165, 1.54) is 6.26 Å². The van der Waals surface area contributed by atoms with Gasteiger partial charge in [-0.1, -0.05) is 12.1 Å². The number of nitrogens with zero attached hydrogens (tertiary/aromatic N) is 1. The molecule has 0 saturated heterocycles. The van der Waals surface area contributed by atoms with Gasteiger partial charge in [0.25, 0.3) is 0 Å². The molecule has 0 saturated carbocycles. The van der Waals surface area contributed by atoms with Crippen LogP contribution in [0.15, 0.2) is 34.9 Å². The standard InChI is InChI=1S/C11H11NO3/c13-6-5-11-12-9(7-15-11)8-3-1-2-4-10(8)14/h1-4,7,13-14H,5-6H2. The number of para-hydroxylation sites is 1. The van der Waals surface area contributed by atoms with Crippen molar-refractivity contribution in [3.8, 4) is 17.0 Å². The first-order valence-corrected chi connectivity index (χ1v) is 4.65. The highest BCUT2D eigenvalue weighted by molar-refractivity contribution is 5.65. The molecule has 1 heterocycles. The summed E-state index contributed by atoms with van der Waals surface area (Å²) in [5.74, 6) is 0.636. The largest absolute Gasteiger partial charge is 0.507 e. The number of phenols is 1. The second-order valence-electron chi connectivity index (χ2n) is 3.12. The molecule has 0 radical (unpaired) electrons. The fraction of sp³-hybridized carbons (Fsp3) is 0.182. The van der Waals surface area contributed by atoms with Gasteiger partial charge in [-0.25, -0.2) is 4.98 Å². The average molecular weight is 205 g/mol. The van der Waals surface area contributed by atoms with Gasteiger partial charge < -0.3 is 14.6 Å². The Kier molecular flexibility index (Phi) is 2.69.